The monoisotopic (exact) mass is 289 g/mol. The molecule has 2 rings (SSSR count). The lowest BCUT2D eigenvalue weighted by atomic mass is 9.75. The molecule has 0 saturated heterocycles. The summed E-state index contributed by atoms with van der Waals surface area (Å²) >= 11 is 0. The van der Waals surface area contributed by atoms with Crippen molar-refractivity contribution in [2.75, 3.05) is 6.54 Å². The molecule has 1 atom stereocenters. The first-order valence-electron chi connectivity index (χ1n) is 7.20. The normalized spacial score (nSPS) is 13.2. The van der Waals surface area contributed by atoms with Crippen LogP contribution >= 0.6 is 0 Å². The number of hydrogen-bond acceptors (Lipinski definition) is 1. The van der Waals surface area contributed by atoms with E-state index in [4.69, 9.17) is 0 Å². The van der Waals surface area contributed by atoms with Gasteiger partial charge in [-0.15, -0.1) is 0 Å². The molecule has 1 N–H and O–H groups in total. The molecular formula is C18H21F2N. The van der Waals surface area contributed by atoms with Gasteiger partial charge in [0.25, 0.3) is 0 Å². The van der Waals surface area contributed by atoms with Crippen molar-refractivity contribution in [2.24, 2.45) is 0 Å². The molecule has 0 aliphatic rings. The van der Waals surface area contributed by atoms with Crippen molar-refractivity contribution in [1.29, 1.82) is 0 Å². The van der Waals surface area contributed by atoms with Crippen molar-refractivity contribution in [3.05, 3.63) is 71.3 Å². The van der Waals surface area contributed by atoms with Crippen LogP contribution in [-0.4, -0.2) is 6.54 Å². The van der Waals surface area contributed by atoms with Crippen LogP contribution < -0.4 is 5.32 Å². The highest BCUT2D eigenvalue weighted by Gasteiger charge is 2.32. The Bertz CT molecular complexity index is 573. The number of nitrogens with one attached hydrogen (secondary N) is 1. The maximum Gasteiger partial charge on any atom is 0.126 e. The number of rotatable bonds is 5. The van der Waals surface area contributed by atoms with Gasteiger partial charge in [-0.25, -0.2) is 8.78 Å². The highest BCUT2D eigenvalue weighted by Crippen LogP contribution is 2.37. The largest absolute Gasteiger partial charge is 0.309 e. The zero-order chi connectivity index (χ0) is 15.5. The van der Waals surface area contributed by atoms with E-state index in [0.29, 0.717) is 5.56 Å². The van der Waals surface area contributed by atoms with Gasteiger partial charge < -0.3 is 5.32 Å². The minimum absolute atomic E-state index is 0.171. The van der Waals surface area contributed by atoms with Crippen molar-refractivity contribution >= 4 is 0 Å². The number of benzene rings is 2. The van der Waals surface area contributed by atoms with Gasteiger partial charge in [0.05, 0.1) is 0 Å². The van der Waals surface area contributed by atoms with Crippen molar-refractivity contribution in [2.45, 2.75) is 32.2 Å². The molecule has 0 aliphatic heterocycles. The van der Waals surface area contributed by atoms with Crippen molar-refractivity contribution in [1.82, 2.24) is 5.32 Å². The molecule has 2 aromatic rings. The van der Waals surface area contributed by atoms with E-state index in [1.807, 2.05) is 37.3 Å². The second kappa shape index (κ2) is 6.35. The Labute approximate surface area is 125 Å². The fraction of sp³-hybridized carbons (Fsp3) is 0.333. The van der Waals surface area contributed by atoms with E-state index in [9.17, 15) is 8.78 Å². The van der Waals surface area contributed by atoms with Crippen LogP contribution in [-0.2, 0) is 5.41 Å². The van der Waals surface area contributed by atoms with E-state index in [1.54, 1.807) is 0 Å². The standard InChI is InChI=1S/C18H21F2N/c1-4-21-17(13-10-15(19)12-16(20)11-13)18(2,3)14-8-6-5-7-9-14/h5-12,17,21H,4H2,1-3H3. The maximum atomic E-state index is 13.6. The van der Waals surface area contributed by atoms with Gasteiger partial charge >= 0.3 is 0 Å². The third-order valence-corrected chi connectivity index (χ3v) is 3.87. The quantitative estimate of drug-likeness (QED) is 0.848. The average molecular weight is 289 g/mol. The van der Waals surface area contributed by atoms with Gasteiger partial charge in [-0.1, -0.05) is 51.1 Å². The SMILES string of the molecule is CCNC(c1cc(F)cc(F)c1)C(C)(C)c1ccccc1. The molecule has 1 nitrogen and oxygen atoms in total. The molecule has 1 unspecified atom stereocenters. The average Bonchev–Trinajstić information content (AvgIpc) is 2.44. The number of hydrogen-bond donors (Lipinski definition) is 1. The summed E-state index contributed by atoms with van der Waals surface area (Å²) < 4.78 is 27.1. The van der Waals surface area contributed by atoms with Gasteiger partial charge in [-0.2, -0.15) is 0 Å². The van der Waals surface area contributed by atoms with Crippen molar-refractivity contribution in [3.8, 4) is 0 Å². The molecule has 0 radical (unpaired) electrons. The molecule has 0 aromatic heterocycles. The number of halogens is 2. The topological polar surface area (TPSA) is 12.0 Å². The summed E-state index contributed by atoms with van der Waals surface area (Å²) in [6, 6.07) is 13.5. The first-order valence-corrected chi connectivity index (χ1v) is 7.20. The Kier molecular flexibility index (Phi) is 4.73. The maximum absolute atomic E-state index is 13.6. The van der Waals surface area contributed by atoms with Crippen LogP contribution in [0.3, 0.4) is 0 Å². The van der Waals surface area contributed by atoms with Crippen LogP contribution in [0, 0.1) is 11.6 Å². The molecule has 3 heteroatoms. The lowest BCUT2D eigenvalue weighted by molar-refractivity contribution is 0.351. The molecule has 0 fully saturated rings. The predicted octanol–water partition coefficient (Wildman–Crippen LogP) is 4.59. The smallest absolute Gasteiger partial charge is 0.126 e. The molecule has 112 valence electrons. The first kappa shape index (κ1) is 15.6. The summed E-state index contributed by atoms with van der Waals surface area (Å²) in [5, 5.41) is 3.36. The van der Waals surface area contributed by atoms with E-state index in [2.05, 4.69) is 19.2 Å². The van der Waals surface area contributed by atoms with Crippen LogP contribution in [0.4, 0.5) is 8.78 Å². The summed E-state index contributed by atoms with van der Waals surface area (Å²) in [7, 11) is 0. The molecule has 21 heavy (non-hydrogen) atoms. The minimum Gasteiger partial charge on any atom is -0.309 e. The van der Waals surface area contributed by atoms with Crippen LogP contribution in [0.15, 0.2) is 48.5 Å². The molecule has 0 aliphatic carbocycles. The molecule has 0 heterocycles. The third kappa shape index (κ3) is 3.48. The van der Waals surface area contributed by atoms with E-state index in [0.717, 1.165) is 18.2 Å². The van der Waals surface area contributed by atoms with Gasteiger partial charge in [0, 0.05) is 17.5 Å². The minimum atomic E-state index is -0.545. The molecule has 0 spiro atoms. The summed E-state index contributed by atoms with van der Waals surface area (Å²) in [6.07, 6.45) is 0. The molecule has 0 saturated carbocycles. The van der Waals surface area contributed by atoms with Crippen LogP contribution in [0.2, 0.25) is 0 Å². The Morgan fingerprint density at radius 3 is 2.10 bits per heavy atom. The zero-order valence-corrected chi connectivity index (χ0v) is 12.7. The Morgan fingerprint density at radius 2 is 1.57 bits per heavy atom. The van der Waals surface area contributed by atoms with Crippen molar-refractivity contribution < 1.29 is 8.78 Å². The van der Waals surface area contributed by atoms with Gasteiger partial charge in [0.15, 0.2) is 0 Å². The first-order chi connectivity index (χ1) is 9.95. The zero-order valence-electron chi connectivity index (χ0n) is 12.7. The van der Waals surface area contributed by atoms with Crippen LogP contribution in [0.5, 0.6) is 0 Å². The lowest BCUT2D eigenvalue weighted by Crippen LogP contribution is -2.37. The fourth-order valence-corrected chi connectivity index (χ4v) is 2.77. The Morgan fingerprint density at radius 1 is 1.00 bits per heavy atom. The third-order valence-electron chi connectivity index (χ3n) is 3.87. The van der Waals surface area contributed by atoms with E-state index in [1.165, 1.54) is 12.1 Å². The predicted molar refractivity (Wildman–Crippen MR) is 82.2 cm³/mol. The summed E-state index contributed by atoms with van der Waals surface area (Å²) in [5.74, 6) is -1.09. The summed E-state index contributed by atoms with van der Waals surface area (Å²) in [4.78, 5) is 0. The highest BCUT2D eigenvalue weighted by molar-refractivity contribution is 5.32. The van der Waals surface area contributed by atoms with Crippen LogP contribution in [0.25, 0.3) is 0 Å². The van der Waals surface area contributed by atoms with Gasteiger partial charge in [0.1, 0.15) is 11.6 Å². The summed E-state index contributed by atoms with van der Waals surface area (Å²) in [6.45, 7) is 6.87. The van der Waals surface area contributed by atoms with Gasteiger partial charge in [-0.05, 0) is 29.8 Å². The van der Waals surface area contributed by atoms with E-state index < -0.39 is 11.6 Å². The molecule has 0 bridgehead atoms. The van der Waals surface area contributed by atoms with Gasteiger partial charge in [0.2, 0.25) is 0 Å². The van der Waals surface area contributed by atoms with Crippen molar-refractivity contribution in [3.63, 3.8) is 0 Å². The highest BCUT2D eigenvalue weighted by atomic mass is 19.1. The Balaban J connectivity index is 2.47. The second-order valence-electron chi connectivity index (χ2n) is 5.78. The second-order valence-corrected chi connectivity index (χ2v) is 5.78. The lowest BCUT2D eigenvalue weighted by Gasteiger charge is -2.36. The number of likely N-dealkylation sites (N-methyl/N-ethyl adjacent to an activating group) is 1. The Hall–Kier alpha value is -1.74. The molecule has 2 aromatic carbocycles. The fourth-order valence-electron chi connectivity index (χ4n) is 2.77. The molecule has 0 amide bonds. The summed E-state index contributed by atoms with van der Waals surface area (Å²) in [5.41, 5.74) is 1.46. The van der Waals surface area contributed by atoms with Gasteiger partial charge in [-0.3, -0.25) is 0 Å². The van der Waals surface area contributed by atoms with Crippen LogP contribution in [0.1, 0.15) is 37.9 Å². The molecular weight excluding hydrogens is 268 g/mol. The van der Waals surface area contributed by atoms with E-state index in [-0.39, 0.29) is 11.5 Å². The van der Waals surface area contributed by atoms with E-state index >= 15 is 0 Å².